The predicted molar refractivity (Wildman–Crippen MR) is 43.4 cm³/mol. The molecule has 68 valence electrons. The van der Waals surface area contributed by atoms with Gasteiger partial charge < -0.3 is 10.6 Å². The zero-order valence-electron chi connectivity index (χ0n) is 7.12. The summed E-state index contributed by atoms with van der Waals surface area (Å²) in [5.41, 5.74) is 5.28. The number of amides is 3. The standard InChI is InChI=1S/C7H13N3O2/c1-9-6(11)5-10(7(9)12)4-2-3-8/h2-5,8H2,1H3. The molecule has 1 aliphatic rings. The van der Waals surface area contributed by atoms with Crippen LogP contribution in [0.4, 0.5) is 4.79 Å². The second-order valence-corrected chi connectivity index (χ2v) is 2.80. The highest BCUT2D eigenvalue weighted by atomic mass is 16.2. The smallest absolute Gasteiger partial charge is 0.326 e. The molecule has 0 bridgehead atoms. The predicted octanol–water partition coefficient (Wildman–Crippen LogP) is -0.771. The summed E-state index contributed by atoms with van der Waals surface area (Å²) in [4.78, 5) is 24.8. The minimum absolute atomic E-state index is 0.142. The molecule has 0 aromatic carbocycles. The second-order valence-electron chi connectivity index (χ2n) is 2.80. The monoisotopic (exact) mass is 171 g/mol. The van der Waals surface area contributed by atoms with Crippen LogP contribution in [0, 0.1) is 0 Å². The molecule has 0 radical (unpaired) electrons. The maximum atomic E-state index is 11.2. The molecule has 0 aromatic rings. The van der Waals surface area contributed by atoms with Crippen molar-refractivity contribution in [3.8, 4) is 0 Å². The van der Waals surface area contributed by atoms with Gasteiger partial charge in [0.05, 0.1) is 0 Å². The zero-order chi connectivity index (χ0) is 9.14. The third-order valence-corrected chi connectivity index (χ3v) is 1.89. The lowest BCUT2D eigenvalue weighted by Crippen LogP contribution is -2.31. The Balaban J connectivity index is 2.47. The quantitative estimate of drug-likeness (QED) is 0.567. The molecule has 2 N–H and O–H groups in total. The Labute approximate surface area is 71.1 Å². The Morgan fingerprint density at radius 3 is 2.58 bits per heavy atom. The number of likely N-dealkylation sites (N-methyl/N-ethyl adjacent to an activating group) is 1. The van der Waals surface area contributed by atoms with Gasteiger partial charge in [-0.3, -0.25) is 9.69 Å². The molecule has 0 atom stereocenters. The molecule has 1 rings (SSSR count). The minimum atomic E-state index is -0.214. The summed E-state index contributed by atoms with van der Waals surface area (Å²) in [6.07, 6.45) is 0.743. The third kappa shape index (κ3) is 1.55. The van der Waals surface area contributed by atoms with Gasteiger partial charge in [-0.1, -0.05) is 0 Å². The van der Waals surface area contributed by atoms with Crippen molar-refractivity contribution < 1.29 is 9.59 Å². The number of rotatable bonds is 3. The maximum absolute atomic E-state index is 11.2. The van der Waals surface area contributed by atoms with E-state index in [4.69, 9.17) is 5.73 Å². The summed E-state index contributed by atoms with van der Waals surface area (Å²) in [7, 11) is 1.49. The van der Waals surface area contributed by atoms with E-state index in [1.54, 1.807) is 0 Å². The lowest BCUT2D eigenvalue weighted by Gasteiger charge is -2.13. The molecule has 3 amide bonds. The van der Waals surface area contributed by atoms with Crippen LogP contribution in [0.25, 0.3) is 0 Å². The van der Waals surface area contributed by atoms with Gasteiger partial charge in [-0.05, 0) is 13.0 Å². The van der Waals surface area contributed by atoms with E-state index in [-0.39, 0.29) is 18.5 Å². The van der Waals surface area contributed by atoms with Gasteiger partial charge in [0, 0.05) is 13.6 Å². The number of hydrogen-bond acceptors (Lipinski definition) is 3. The summed E-state index contributed by atoms with van der Waals surface area (Å²) >= 11 is 0. The highest BCUT2D eigenvalue weighted by Gasteiger charge is 2.31. The van der Waals surface area contributed by atoms with Crippen LogP contribution in [-0.2, 0) is 4.79 Å². The summed E-state index contributed by atoms with van der Waals surface area (Å²) in [6, 6.07) is -0.214. The Morgan fingerprint density at radius 1 is 1.50 bits per heavy atom. The number of carbonyl (C=O) groups is 2. The van der Waals surface area contributed by atoms with Crippen molar-refractivity contribution in [2.45, 2.75) is 6.42 Å². The van der Waals surface area contributed by atoms with Crippen LogP contribution in [0.1, 0.15) is 6.42 Å². The van der Waals surface area contributed by atoms with E-state index >= 15 is 0 Å². The highest BCUT2D eigenvalue weighted by molar-refractivity contribution is 6.01. The molecule has 12 heavy (non-hydrogen) atoms. The normalized spacial score (nSPS) is 17.8. The molecule has 0 spiro atoms. The lowest BCUT2D eigenvalue weighted by atomic mass is 10.4. The van der Waals surface area contributed by atoms with E-state index in [1.807, 2.05) is 0 Å². The summed E-state index contributed by atoms with van der Waals surface area (Å²) < 4.78 is 0. The van der Waals surface area contributed by atoms with Crippen LogP contribution in [-0.4, -0.2) is 48.4 Å². The van der Waals surface area contributed by atoms with Crippen LogP contribution in [0.2, 0.25) is 0 Å². The molecule has 0 aromatic heterocycles. The highest BCUT2D eigenvalue weighted by Crippen LogP contribution is 2.07. The fourth-order valence-corrected chi connectivity index (χ4v) is 1.11. The van der Waals surface area contributed by atoms with Crippen LogP contribution >= 0.6 is 0 Å². The number of hydrogen-bond donors (Lipinski definition) is 1. The van der Waals surface area contributed by atoms with Gasteiger partial charge >= 0.3 is 6.03 Å². The van der Waals surface area contributed by atoms with Crippen molar-refractivity contribution in [1.82, 2.24) is 9.80 Å². The summed E-state index contributed by atoms with van der Waals surface area (Å²) in [5.74, 6) is -0.142. The average molecular weight is 171 g/mol. The number of urea groups is 1. The van der Waals surface area contributed by atoms with Crippen molar-refractivity contribution >= 4 is 11.9 Å². The summed E-state index contributed by atoms with van der Waals surface area (Å²) in [6.45, 7) is 1.32. The number of imide groups is 1. The van der Waals surface area contributed by atoms with Crippen LogP contribution in [0.15, 0.2) is 0 Å². The van der Waals surface area contributed by atoms with Crippen molar-refractivity contribution in [2.75, 3.05) is 26.7 Å². The average Bonchev–Trinajstić information content (AvgIpc) is 2.30. The molecule has 0 saturated carbocycles. The van der Waals surface area contributed by atoms with E-state index in [1.165, 1.54) is 11.9 Å². The fourth-order valence-electron chi connectivity index (χ4n) is 1.11. The zero-order valence-corrected chi connectivity index (χ0v) is 7.12. The first-order valence-corrected chi connectivity index (χ1v) is 3.92. The molecule has 1 aliphatic heterocycles. The van der Waals surface area contributed by atoms with E-state index in [9.17, 15) is 9.59 Å². The van der Waals surface area contributed by atoms with Gasteiger partial charge in [0.2, 0.25) is 5.91 Å². The minimum Gasteiger partial charge on any atom is -0.330 e. The molecular formula is C7H13N3O2. The van der Waals surface area contributed by atoms with E-state index in [2.05, 4.69) is 0 Å². The van der Waals surface area contributed by atoms with Gasteiger partial charge in [-0.2, -0.15) is 0 Å². The molecule has 1 saturated heterocycles. The number of carbonyl (C=O) groups excluding carboxylic acids is 2. The van der Waals surface area contributed by atoms with Crippen molar-refractivity contribution in [3.63, 3.8) is 0 Å². The molecule has 0 unspecified atom stereocenters. The Kier molecular flexibility index (Phi) is 2.65. The Hall–Kier alpha value is -1.10. The molecule has 1 heterocycles. The molecular weight excluding hydrogens is 158 g/mol. The van der Waals surface area contributed by atoms with E-state index in [0.29, 0.717) is 13.1 Å². The first-order valence-electron chi connectivity index (χ1n) is 3.92. The van der Waals surface area contributed by atoms with Crippen molar-refractivity contribution in [3.05, 3.63) is 0 Å². The topological polar surface area (TPSA) is 66.6 Å². The number of nitrogens with two attached hydrogens (primary N) is 1. The van der Waals surface area contributed by atoms with Crippen LogP contribution in [0.5, 0.6) is 0 Å². The van der Waals surface area contributed by atoms with Crippen LogP contribution < -0.4 is 5.73 Å². The van der Waals surface area contributed by atoms with Crippen LogP contribution in [0.3, 0.4) is 0 Å². The van der Waals surface area contributed by atoms with E-state index < -0.39 is 0 Å². The molecule has 5 nitrogen and oxygen atoms in total. The van der Waals surface area contributed by atoms with Gasteiger partial charge in [0.15, 0.2) is 0 Å². The number of nitrogens with zero attached hydrogens (tertiary/aromatic N) is 2. The SMILES string of the molecule is CN1C(=O)CN(CCCN)C1=O. The Bertz CT molecular complexity index is 205. The second kappa shape index (κ2) is 3.53. The Morgan fingerprint density at radius 2 is 2.17 bits per heavy atom. The first kappa shape index (κ1) is 8.99. The maximum Gasteiger partial charge on any atom is 0.326 e. The molecule has 1 fully saturated rings. The fraction of sp³-hybridized carbons (Fsp3) is 0.714. The first-order chi connectivity index (χ1) is 5.66. The largest absolute Gasteiger partial charge is 0.330 e. The third-order valence-electron chi connectivity index (χ3n) is 1.89. The summed E-state index contributed by atoms with van der Waals surface area (Å²) in [5, 5.41) is 0. The van der Waals surface area contributed by atoms with Crippen molar-refractivity contribution in [1.29, 1.82) is 0 Å². The van der Waals surface area contributed by atoms with Gasteiger partial charge in [-0.25, -0.2) is 4.79 Å². The van der Waals surface area contributed by atoms with Gasteiger partial charge in [0.25, 0.3) is 0 Å². The van der Waals surface area contributed by atoms with Gasteiger partial charge in [-0.15, -0.1) is 0 Å². The molecule has 0 aliphatic carbocycles. The van der Waals surface area contributed by atoms with Crippen molar-refractivity contribution in [2.24, 2.45) is 5.73 Å². The van der Waals surface area contributed by atoms with Gasteiger partial charge in [0.1, 0.15) is 6.54 Å². The molecule has 5 heteroatoms. The van der Waals surface area contributed by atoms with E-state index in [0.717, 1.165) is 11.3 Å². The lowest BCUT2D eigenvalue weighted by molar-refractivity contribution is -0.124.